The average molecular weight is 355 g/mol. The Morgan fingerprint density at radius 2 is 2.00 bits per heavy atom. The first-order valence-corrected chi connectivity index (χ1v) is 8.55. The highest BCUT2D eigenvalue weighted by atomic mass is 19.4. The Labute approximate surface area is 143 Å². The van der Waals surface area contributed by atoms with Crippen LogP contribution >= 0.6 is 0 Å². The molecule has 1 saturated carbocycles. The van der Waals surface area contributed by atoms with Crippen LogP contribution in [-0.4, -0.2) is 37.7 Å². The van der Waals surface area contributed by atoms with Gasteiger partial charge in [-0.1, -0.05) is 5.16 Å². The second-order valence-corrected chi connectivity index (χ2v) is 6.99. The monoisotopic (exact) mass is 355 g/mol. The number of alkyl halides is 3. The Balaban J connectivity index is 1.44. The van der Waals surface area contributed by atoms with E-state index in [9.17, 15) is 13.2 Å². The first-order valence-electron chi connectivity index (χ1n) is 8.55. The number of halogens is 3. The van der Waals surface area contributed by atoms with Gasteiger partial charge in [0, 0.05) is 31.6 Å². The van der Waals surface area contributed by atoms with Crippen LogP contribution in [0.3, 0.4) is 0 Å². The quantitative estimate of drug-likeness (QED) is 0.844. The number of piperidine rings is 1. The molecule has 1 aliphatic carbocycles. The first kappa shape index (κ1) is 16.6. The fraction of sp³-hybridized carbons (Fsp3) is 0.688. The van der Waals surface area contributed by atoms with Crippen molar-refractivity contribution in [1.29, 1.82) is 0 Å². The molecule has 2 fully saturated rings. The molecule has 0 spiro atoms. The van der Waals surface area contributed by atoms with Crippen LogP contribution in [0.15, 0.2) is 10.7 Å². The highest BCUT2D eigenvalue weighted by Crippen LogP contribution is 2.38. The van der Waals surface area contributed by atoms with Gasteiger partial charge in [0.25, 0.3) is 0 Å². The van der Waals surface area contributed by atoms with Crippen LogP contribution in [0.2, 0.25) is 0 Å². The van der Waals surface area contributed by atoms with Gasteiger partial charge >= 0.3 is 6.18 Å². The Kier molecular flexibility index (Phi) is 4.05. The molecule has 4 rings (SSSR count). The van der Waals surface area contributed by atoms with Crippen LogP contribution in [0, 0.1) is 0 Å². The zero-order valence-electron chi connectivity index (χ0n) is 14.0. The molecule has 9 heteroatoms. The number of aromatic nitrogens is 4. The number of nitrogens with zero attached hydrogens (tertiary/aromatic N) is 5. The van der Waals surface area contributed by atoms with Gasteiger partial charge in [0.05, 0.1) is 6.54 Å². The van der Waals surface area contributed by atoms with Crippen LogP contribution in [0.5, 0.6) is 0 Å². The molecule has 0 aromatic carbocycles. The molecule has 0 unspecified atom stereocenters. The molecule has 2 aromatic rings. The fourth-order valence-electron chi connectivity index (χ4n) is 3.44. The molecular weight excluding hydrogens is 335 g/mol. The average Bonchev–Trinajstić information content (AvgIpc) is 3.17. The van der Waals surface area contributed by atoms with Gasteiger partial charge in [-0.25, -0.2) is 4.98 Å². The largest absolute Gasteiger partial charge is 0.434 e. The second kappa shape index (κ2) is 6.12. The minimum Gasteiger partial charge on any atom is -0.338 e. The number of likely N-dealkylation sites (tertiary alicyclic amines) is 1. The van der Waals surface area contributed by atoms with Crippen LogP contribution in [0.25, 0.3) is 0 Å². The second-order valence-electron chi connectivity index (χ2n) is 6.99. The summed E-state index contributed by atoms with van der Waals surface area (Å²) >= 11 is 0. The summed E-state index contributed by atoms with van der Waals surface area (Å²) in [4.78, 5) is 10.4. The van der Waals surface area contributed by atoms with E-state index in [0.29, 0.717) is 30.7 Å². The molecular formula is C16H20F3N5O. The summed E-state index contributed by atoms with van der Waals surface area (Å²) in [6.07, 6.45) is 0.622. The summed E-state index contributed by atoms with van der Waals surface area (Å²) in [5, 5.41) is 4.01. The van der Waals surface area contributed by atoms with Crippen molar-refractivity contribution in [3.05, 3.63) is 29.4 Å². The van der Waals surface area contributed by atoms with E-state index in [0.717, 1.165) is 44.2 Å². The third kappa shape index (κ3) is 3.56. The van der Waals surface area contributed by atoms with E-state index >= 15 is 0 Å². The summed E-state index contributed by atoms with van der Waals surface area (Å²) in [5.74, 6) is 2.27. The fourth-order valence-corrected chi connectivity index (χ4v) is 3.44. The molecule has 0 N–H and O–H groups in total. The maximum Gasteiger partial charge on any atom is 0.434 e. The summed E-state index contributed by atoms with van der Waals surface area (Å²) in [6.45, 7) is 2.05. The minimum atomic E-state index is -4.41. The van der Waals surface area contributed by atoms with Crippen molar-refractivity contribution in [2.45, 2.75) is 50.2 Å². The lowest BCUT2D eigenvalue weighted by Gasteiger charge is -2.31. The van der Waals surface area contributed by atoms with E-state index in [4.69, 9.17) is 4.52 Å². The van der Waals surface area contributed by atoms with Crippen LogP contribution in [0.4, 0.5) is 13.2 Å². The Morgan fingerprint density at radius 3 is 2.68 bits per heavy atom. The topological polar surface area (TPSA) is 60.0 Å². The summed E-state index contributed by atoms with van der Waals surface area (Å²) in [7, 11) is 1.62. The number of hydrogen-bond donors (Lipinski definition) is 0. The number of hydrogen-bond acceptors (Lipinski definition) is 5. The molecule has 0 bridgehead atoms. The lowest BCUT2D eigenvalue weighted by Crippen LogP contribution is -2.34. The predicted molar refractivity (Wildman–Crippen MR) is 81.7 cm³/mol. The highest BCUT2D eigenvalue weighted by Gasteiger charge is 2.36. The lowest BCUT2D eigenvalue weighted by atomic mass is 9.97. The van der Waals surface area contributed by atoms with Gasteiger partial charge in [-0.3, -0.25) is 4.90 Å². The summed E-state index contributed by atoms with van der Waals surface area (Å²) < 4.78 is 45.4. The van der Waals surface area contributed by atoms with E-state index in [2.05, 4.69) is 20.0 Å². The van der Waals surface area contributed by atoms with E-state index < -0.39 is 11.9 Å². The van der Waals surface area contributed by atoms with Crippen molar-refractivity contribution >= 4 is 0 Å². The molecule has 136 valence electrons. The molecule has 0 amide bonds. The number of imidazole rings is 1. The number of aryl methyl sites for hydroxylation is 1. The van der Waals surface area contributed by atoms with Crippen LogP contribution < -0.4 is 0 Å². The van der Waals surface area contributed by atoms with E-state index in [1.54, 1.807) is 7.05 Å². The molecule has 0 radical (unpaired) electrons. The van der Waals surface area contributed by atoms with Gasteiger partial charge in [-0.15, -0.1) is 0 Å². The molecule has 1 aliphatic heterocycles. The Morgan fingerprint density at radius 1 is 1.20 bits per heavy atom. The van der Waals surface area contributed by atoms with Crippen molar-refractivity contribution in [2.75, 3.05) is 13.1 Å². The third-order valence-corrected chi connectivity index (χ3v) is 4.86. The van der Waals surface area contributed by atoms with Gasteiger partial charge in [0.15, 0.2) is 11.5 Å². The standard InChI is InChI=1S/C16H20F3N5O/c1-23-8-12(16(17,18)19)20-15(23)11-3-2-6-24(7-11)9-13-21-14(22-25-13)10-4-5-10/h8,10-11H,2-7,9H2,1H3/t11-/m1/s1. The predicted octanol–water partition coefficient (Wildman–Crippen LogP) is 3.08. The zero-order chi connectivity index (χ0) is 17.6. The molecule has 2 aliphatic rings. The molecule has 3 heterocycles. The highest BCUT2D eigenvalue weighted by molar-refractivity contribution is 5.12. The van der Waals surface area contributed by atoms with E-state index in [-0.39, 0.29) is 5.92 Å². The smallest absolute Gasteiger partial charge is 0.338 e. The molecule has 1 atom stereocenters. The zero-order valence-corrected chi connectivity index (χ0v) is 14.0. The van der Waals surface area contributed by atoms with Gasteiger partial charge < -0.3 is 9.09 Å². The molecule has 1 saturated heterocycles. The van der Waals surface area contributed by atoms with E-state index in [1.807, 2.05) is 0 Å². The van der Waals surface area contributed by atoms with Crippen LogP contribution in [0.1, 0.15) is 60.8 Å². The van der Waals surface area contributed by atoms with E-state index in [1.165, 1.54) is 4.57 Å². The lowest BCUT2D eigenvalue weighted by molar-refractivity contribution is -0.141. The number of rotatable bonds is 4. The van der Waals surface area contributed by atoms with Gasteiger partial charge in [-0.05, 0) is 32.2 Å². The molecule has 25 heavy (non-hydrogen) atoms. The first-order chi connectivity index (χ1) is 11.9. The Bertz CT molecular complexity index is 749. The molecule has 2 aromatic heterocycles. The maximum absolute atomic E-state index is 12.9. The van der Waals surface area contributed by atoms with Crippen molar-refractivity contribution < 1.29 is 17.7 Å². The van der Waals surface area contributed by atoms with Crippen molar-refractivity contribution in [2.24, 2.45) is 7.05 Å². The normalized spacial score (nSPS) is 22.5. The van der Waals surface area contributed by atoms with Crippen molar-refractivity contribution in [3.63, 3.8) is 0 Å². The maximum atomic E-state index is 12.9. The van der Waals surface area contributed by atoms with Crippen molar-refractivity contribution in [1.82, 2.24) is 24.6 Å². The van der Waals surface area contributed by atoms with Gasteiger partial charge in [-0.2, -0.15) is 18.2 Å². The third-order valence-electron chi connectivity index (χ3n) is 4.86. The van der Waals surface area contributed by atoms with Gasteiger partial charge in [0.2, 0.25) is 5.89 Å². The Hall–Kier alpha value is -1.90. The van der Waals surface area contributed by atoms with Crippen LogP contribution in [-0.2, 0) is 19.8 Å². The van der Waals surface area contributed by atoms with Gasteiger partial charge in [0.1, 0.15) is 5.82 Å². The SMILES string of the molecule is Cn1cc(C(F)(F)F)nc1[C@@H]1CCCN(Cc2nc(C3CC3)no2)C1. The molecule has 6 nitrogen and oxygen atoms in total. The van der Waals surface area contributed by atoms with Crippen molar-refractivity contribution in [3.8, 4) is 0 Å². The minimum absolute atomic E-state index is 0.0272. The summed E-state index contributed by atoms with van der Waals surface area (Å²) in [6, 6.07) is 0. The summed E-state index contributed by atoms with van der Waals surface area (Å²) in [5.41, 5.74) is -0.826.